The van der Waals surface area contributed by atoms with Gasteiger partial charge in [-0.25, -0.2) is 0 Å². The van der Waals surface area contributed by atoms with Gasteiger partial charge in [-0.05, 0) is 59.3 Å². The summed E-state index contributed by atoms with van der Waals surface area (Å²) in [5, 5.41) is 15.4. The van der Waals surface area contributed by atoms with Crippen molar-refractivity contribution in [2.45, 2.75) is 32.9 Å². The number of thiophene rings is 1. The van der Waals surface area contributed by atoms with Gasteiger partial charge in [-0.1, -0.05) is 18.2 Å². The largest absolute Gasteiger partial charge is 0.333 e. The van der Waals surface area contributed by atoms with Crippen LogP contribution in [0.5, 0.6) is 0 Å². The molecule has 0 atom stereocenters. The molecular formula is C20H19N5OS. The lowest BCUT2D eigenvalue weighted by molar-refractivity contribution is -0.133. The van der Waals surface area contributed by atoms with E-state index in [4.69, 9.17) is 0 Å². The molecule has 3 aromatic heterocycles. The smallest absolute Gasteiger partial charge is 0.226 e. The van der Waals surface area contributed by atoms with E-state index in [1.807, 2.05) is 16.3 Å². The van der Waals surface area contributed by atoms with Gasteiger partial charge in [0.05, 0.1) is 12.1 Å². The molecule has 1 amide bonds. The minimum absolute atomic E-state index is 0.181. The van der Waals surface area contributed by atoms with Crippen molar-refractivity contribution < 1.29 is 4.79 Å². The van der Waals surface area contributed by atoms with Crippen molar-refractivity contribution in [2.75, 3.05) is 0 Å². The second-order valence-electron chi connectivity index (χ2n) is 7.19. The maximum Gasteiger partial charge on any atom is 0.226 e. The molecular weight excluding hydrogens is 358 g/mol. The minimum Gasteiger partial charge on any atom is -0.333 e. The Morgan fingerprint density at radius 2 is 2.15 bits per heavy atom. The summed E-state index contributed by atoms with van der Waals surface area (Å²) in [6.07, 6.45) is 2.00. The van der Waals surface area contributed by atoms with Gasteiger partial charge in [-0.3, -0.25) is 4.79 Å². The molecule has 0 unspecified atom stereocenters. The van der Waals surface area contributed by atoms with Gasteiger partial charge in [0.2, 0.25) is 5.91 Å². The van der Waals surface area contributed by atoms with Crippen LogP contribution < -0.4 is 0 Å². The Balaban J connectivity index is 1.56. The monoisotopic (exact) mass is 377 g/mol. The predicted octanol–water partition coefficient (Wildman–Crippen LogP) is 3.59. The van der Waals surface area contributed by atoms with E-state index in [0.29, 0.717) is 18.7 Å². The molecule has 0 N–H and O–H groups in total. The summed E-state index contributed by atoms with van der Waals surface area (Å²) in [6, 6.07) is 12.5. The van der Waals surface area contributed by atoms with E-state index in [1.165, 1.54) is 4.88 Å². The lowest BCUT2D eigenvalue weighted by Gasteiger charge is -2.22. The number of amides is 1. The molecule has 0 bridgehead atoms. The van der Waals surface area contributed by atoms with Crippen LogP contribution in [0.3, 0.4) is 0 Å². The van der Waals surface area contributed by atoms with Gasteiger partial charge in [0.15, 0.2) is 5.65 Å². The van der Waals surface area contributed by atoms with Crippen molar-refractivity contribution in [1.82, 2.24) is 24.9 Å². The number of aryl methyl sites for hydroxylation is 1. The normalized spacial score (nSPS) is 14.1. The third-order valence-electron chi connectivity index (χ3n) is 5.03. The molecule has 1 aliphatic rings. The number of aromatic nitrogens is 4. The molecule has 5 rings (SSSR count). The van der Waals surface area contributed by atoms with Crippen molar-refractivity contribution in [3.63, 3.8) is 0 Å². The van der Waals surface area contributed by atoms with E-state index >= 15 is 0 Å². The lowest BCUT2D eigenvalue weighted by Crippen LogP contribution is -2.31. The predicted molar refractivity (Wildman–Crippen MR) is 104 cm³/mol. The van der Waals surface area contributed by atoms with E-state index in [-0.39, 0.29) is 11.8 Å². The Morgan fingerprint density at radius 1 is 1.26 bits per heavy atom. The number of hydrogen-bond donors (Lipinski definition) is 0. The van der Waals surface area contributed by atoms with Crippen molar-refractivity contribution in [2.24, 2.45) is 5.92 Å². The number of carbonyl (C=O) groups excluding carboxylic acids is 1. The molecule has 0 radical (unpaired) electrons. The number of rotatable bonds is 5. The Bertz CT molecular complexity index is 1130. The fourth-order valence-corrected chi connectivity index (χ4v) is 4.19. The van der Waals surface area contributed by atoms with Gasteiger partial charge >= 0.3 is 0 Å². The highest BCUT2D eigenvalue weighted by Gasteiger charge is 2.34. The summed E-state index contributed by atoms with van der Waals surface area (Å²) in [5.41, 5.74) is 3.84. The molecule has 0 saturated heterocycles. The molecule has 1 fully saturated rings. The number of carbonyl (C=O) groups is 1. The summed E-state index contributed by atoms with van der Waals surface area (Å²) in [5.74, 6) is 0.415. The van der Waals surface area contributed by atoms with E-state index in [2.05, 4.69) is 52.8 Å². The summed E-state index contributed by atoms with van der Waals surface area (Å²) < 4.78 is 1.78. The first-order valence-electron chi connectivity index (χ1n) is 9.10. The maximum atomic E-state index is 12.9. The van der Waals surface area contributed by atoms with Gasteiger partial charge < -0.3 is 4.90 Å². The highest BCUT2D eigenvalue weighted by atomic mass is 32.1. The van der Waals surface area contributed by atoms with Crippen LogP contribution in [0.15, 0.2) is 41.8 Å². The first kappa shape index (κ1) is 16.4. The molecule has 1 aliphatic carbocycles. The van der Waals surface area contributed by atoms with Gasteiger partial charge in [0.25, 0.3) is 0 Å². The molecule has 1 aromatic carbocycles. The molecule has 0 spiro atoms. The van der Waals surface area contributed by atoms with Crippen LogP contribution in [0.2, 0.25) is 0 Å². The van der Waals surface area contributed by atoms with E-state index in [1.54, 1.807) is 15.9 Å². The van der Waals surface area contributed by atoms with Crippen LogP contribution in [0.25, 0.3) is 16.6 Å². The first-order chi connectivity index (χ1) is 13.2. The fourth-order valence-electron chi connectivity index (χ4n) is 3.47. The minimum atomic E-state index is 0.181. The third kappa shape index (κ3) is 3.08. The van der Waals surface area contributed by atoms with Crippen LogP contribution >= 0.6 is 11.3 Å². The fraction of sp³-hybridized carbons (Fsp3) is 0.300. The van der Waals surface area contributed by atoms with Crippen LogP contribution in [-0.4, -0.2) is 30.8 Å². The van der Waals surface area contributed by atoms with Gasteiger partial charge in [-0.2, -0.15) is 4.52 Å². The highest BCUT2D eigenvalue weighted by molar-refractivity contribution is 7.09. The van der Waals surface area contributed by atoms with Crippen LogP contribution in [0.1, 0.15) is 28.8 Å². The zero-order valence-corrected chi connectivity index (χ0v) is 15.8. The average molecular weight is 377 g/mol. The molecule has 27 heavy (non-hydrogen) atoms. The Morgan fingerprint density at radius 3 is 2.93 bits per heavy atom. The zero-order chi connectivity index (χ0) is 18.4. The molecule has 4 aromatic rings. The standard InChI is InChI=1S/C20H19N5OS/c1-13-4-5-15-10-16(19-21-22-23-25(19)18(15)9-13)11-24(20(26)14-6-7-14)12-17-3-2-8-27-17/h2-5,8-10,14H,6-7,11-12H2,1H3. The summed E-state index contributed by atoms with van der Waals surface area (Å²) >= 11 is 1.68. The number of benzene rings is 1. The SMILES string of the molecule is Cc1ccc2cc(CN(Cc3cccs3)C(=O)C3CC3)c3nnnn3c2c1. The number of hydrogen-bond acceptors (Lipinski definition) is 5. The van der Waals surface area contributed by atoms with Crippen LogP contribution in [0, 0.1) is 12.8 Å². The van der Waals surface area contributed by atoms with Crippen molar-refractivity contribution in [1.29, 1.82) is 0 Å². The van der Waals surface area contributed by atoms with Crippen molar-refractivity contribution >= 4 is 33.8 Å². The van der Waals surface area contributed by atoms with Crippen molar-refractivity contribution in [3.8, 4) is 0 Å². The van der Waals surface area contributed by atoms with Gasteiger partial charge in [0, 0.05) is 28.3 Å². The number of tetrazole rings is 1. The molecule has 1 saturated carbocycles. The Kier molecular flexibility index (Phi) is 3.89. The molecule has 0 aliphatic heterocycles. The van der Waals surface area contributed by atoms with E-state index in [9.17, 15) is 4.79 Å². The first-order valence-corrected chi connectivity index (χ1v) is 9.98. The number of nitrogens with zero attached hydrogens (tertiary/aromatic N) is 5. The highest BCUT2D eigenvalue weighted by Crippen LogP contribution is 2.33. The van der Waals surface area contributed by atoms with Crippen LogP contribution in [-0.2, 0) is 17.9 Å². The summed E-state index contributed by atoms with van der Waals surface area (Å²) in [4.78, 5) is 16.0. The Hall–Kier alpha value is -2.80. The van der Waals surface area contributed by atoms with Crippen molar-refractivity contribution in [3.05, 3.63) is 57.8 Å². The zero-order valence-electron chi connectivity index (χ0n) is 15.0. The number of fused-ring (bicyclic) bond motifs is 3. The van der Waals surface area contributed by atoms with E-state index < -0.39 is 0 Å². The number of pyridine rings is 1. The molecule has 3 heterocycles. The molecule has 6 nitrogen and oxygen atoms in total. The van der Waals surface area contributed by atoms with Crippen LogP contribution in [0.4, 0.5) is 0 Å². The van der Waals surface area contributed by atoms with E-state index in [0.717, 1.165) is 34.9 Å². The summed E-state index contributed by atoms with van der Waals surface area (Å²) in [6.45, 7) is 3.20. The topological polar surface area (TPSA) is 63.4 Å². The lowest BCUT2D eigenvalue weighted by atomic mass is 10.1. The third-order valence-corrected chi connectivity index (χ3v) is 5.89. The quantitative estimate of drug-likeness (QED) is 0.533. The Labute approximate surface area is 160 Å². The second-order valence-corrected chi connectivity index (χ2v) is 8.23. The summed E-state index contributed by atoms with van der Waals surface area (Å²) in [7, 11) is 0. The molecule has 7 heteroatoms. The average Bonchev–Trinajstić information content (AvgIpc) is 3.16. The second kappa shape index (κ2) is 6.42. The molecule has 136 valence electrons. The van der Waals surface area contributed by atoms with Gasteiger partial charge in [0.1, 0.15) is 0 Å². The maximum absolute atomic E-state index is 12.9. The van der Waals surface area contributed by atoms with Gasteiger partial charge in [-0.15, -0.1) is 16.4 Å².